The van der Waals surface area contributed by atoms with E-state index >= 15 is 0 Å². The number of carbonyl (C=O) groups is 2. The first-order chi connectivity index (χ1) is 15.8. The Morgan fingerprint density at radius 2 is 1.67 bits per heavy atom. The van der Waals surface area contributed by atoms with Crippen LogP contribution in [0.25, 0.3) is 11.1 Å². The number of hydrogen-bond donors (Lipinski definition) is 2. The lowest BCUT2D eigenvalue weighted by Gasteiger charge is -2.23. The summed E-state index contributed by atoms with van der Waals surface area (Å²) in [6.45, 7) is 3.49. The highest BCUT2D eigenvalue weighted by molar-refractivity contribution is 5.96. The Labute approximate surface area is 193 Å². The molecule has 3 rings (SSSR count). The molecule has 1 amide bonds. The summed E-state index contributed by atoms with van der Waals surface area (Å²) in [5.74, 6) is -1.28. The number of benzene rings is 2. The van der Waals surface area contributed by atoms with Crippen LogP contribution in [0.1, 0.15) is 35.3 Å². The third-order valence-corrected chi connectivity index (χ3v) is 5.56. The molecule has 3 aromatic rings. The fraction of sp³-hybridized carbons (Fsp3) is 0.231. The predicted octanol–water partition coefficient (Wildman–Crippen LogP) is 3.52. The van der Waals surface area contributed by atoms with Gasteiger partial charge in [-0.25, -0.2) is 0 Å². The van der Waals surface area contributed by atoms with Crippen LogP contribution in [0.5, 0.6) is 0 Å². The van der Waals surface area contributed by atoms with Crippen molar-refractivity contribution in [3.8, 4) is 11.1 Å². The molecule has 2 N–H and O–H groups in total. The molecule has 0 bridgehead atoms. The summed E-state index contributed by atoms with van der Waals surface area (Å²) in [7, 11) is 1.33. The summed E-state index contributed by atoms with van der Waals surface area (Å²) in [6.07, 6.45) is 3.22. The lowest BCUT2D eigenvalue weighted by Crippen LogP contribution is -2.42. The van der Waals surface area contributed by atoms with Crippen molar-refractivity contribution in [1.82, 2.24) is 5.32 Å². The minimum absolute atomic E-state index is 0.294. The number of amides is 1. The summed E-state index contributed by atoms with van der Waals surface area (Å²) in [4.78, 5) is 25.3. The van der Waals surface area contributed by atoms with Gasteiger partial charge in [0.05, 0.1) is 13.0 Å². The lowest BCUT2D eigenvalue weighted by molar-refractivity contribution is -0.605. The molecule has 2 atom stereocenters. The molecule has 0 spiro atoms. The van der Waals surface area contributed by atoms with Gasteiger partial charge in [-0.15, -0.1) is 0 Å². The van der Waals surface area contributed by atoms with E-state index in [1.54, 1.807) is 38.1 Å². The summed E-state index contributed by atoms with van der Waals surface area (Å²) >= 11 is 0. The quantitative estimate of drug-likeness (QED) is 0.239. The van der Waals surface area contributed by atoms with Crippen molar-refractivity contribution in [3.63, 3.8) is 0 Å². The normalized spacial score (nSPS) is 12.5. The molecule has 0 saturated heterocycles. The van der Waals surface area contributed by atoms with Gasteiger partial charge in [0, 0.05) is 29.4 Å². The van der Waals surface area contributed by atoms with E-state index in [2.05, 4.69) is 5.32 Å². The van der Waals surface area contributed by atoms with Gasteiger partial charge in [0.25, 0.3) is 5.91 Å². The van der Waals surface area contributed by atoms with Gasteiger partial charge >= 0.3 is 5.97 Å². The minimum atomic E-state index is -0.581. The van der Waals surface area contributed by atoms with Gasteiger partial charge in [0.15, 0.2) is 12.4 Å². The molecule has 2 aromatic carbocycles. The zero-order valence-electron chi connectivity index (χ0n) is 18.9. The Bertz CT molecular complexity index is 1140. The van der Waals surface area contributed by atoms with E-state index in [-0.39, 0.29) is 5.91 Å². The van der Waals surface area contributed by atoms with Crippen LogP contribution >= 0.6 is 0 Å². The highest BCUT2D eigenvalue weighted by Gasteiger charge is 2.28. The van der Waals surface area contributed by atoms with E-state index in [4.69, 9.17) is 10.1 Å². The van der Waals surface area contributed by atoms with Crippen molar-refractivity contribution in [2.45, 2.75) is 26.3 Å². The number of pyridine rings is 1. The van der Waals surface area contributed by atoms with Crippen molar-refractivity contribution >= 4 is 17.6 Å². The Kier molecular flexibility index (Phi) is 7.56. The second kappa shape index (κ2) is 10.5. The SMILES string of the molecule is COC(=O)C(Cc1cccc(C(C)=N)c1)C(C)NC(=O)c1ccc(-c2cc[n+]([O-])cc2)cc1. The van der Waals surface area contributed by atoms with Crippen molar-refractivity contribution in [2.75, 3.05) is 7.11 Å². The van der Waals surface area contributed by atoms with Crippen LogP contribution in [0.4, 0.5) is 0 Å². The Balaban J connectivity index is 1.72. The molecule has 0 fully saturated rings. The highest BCUT2D eigenvalue weighted by Crippen LogP contribution is 2.20. The van der Waals surface area contributed by atoms with Crippen molar-refractivity contribution < 1.29 is 19.1 Å². The van der Waals surface area contributed by atoms with Crippen LogP contribution in [0, 0.1) is 16.5 Å². The van der Waals surface area contributed by atoms with E-state index in [9.17, 15) is 14.8 Å². The van der Waals surface area contributed by atoms with Crippen molar-refractivity contribution in [2.24, 2.45) is 5.92 Å². The Morgan fingerprint density at radius 3 is 2.27 bits per heavy atom. The third kappa shape index (κ3) is 6.04. The maximum absolute atomic E-state index is 12.8. The summed E-state index contributed by atoms with van der Waals surface area (Å²) in [5.41, 5.74) is 4.34. The highest BCUT2D eigenvalue weighted by atomic mass is 16.5. The maximum atomic E-state index is 12.8. The molecular formula is C26H27N3O4. The fourth-order valence-corrected chi connectivity index (χ4v) is 3.61. The zero-order chi connectivity index (χ0) is 24.0. The van der Waals surface area contributed by atoms with E-state index < -0.39 is 17.9 Å². The molecule has 7 nitrogen and oxygen atoms in total. The second-order valence-electron chi connectivity index (χ2n) is 7.95. The number of aromatic nitrogens is 1. The zero-order valence-corrected chi connectivity index (χ0v) is 18.9. The molecule has 0 aliphatic carbocycles. The van der Waals surface area contributed by atoms with E-state index in [0.29, 0.717) is 22.4 Å². The van der Waals surface area contributed by atoms with Crippen LogP contribution in [-0.2, 0) is 16.0 Å². The number of esters is 1. The molecule has 0 aliphatic heterocycles. The minimum Gasteiger partial charge on any atom is -0.619 e. The number of ether oxygens (including phenoxy) is 1. The maximum Gasteiger partial charge on any atom is 0.311 e. The van der Waals surface area contributed by atoms with Crippen molar-refractivity contribution in [3.05, 3.63) is 95.0 Å². The second-order valence-corrected chi connectivity index (χ2v) is 7.95. The molecular weight excluding hydrogens is 418 g/mol. The van der Waals surface area contributed by atoms with Crippen LogP contribution in [-0.4, -0.2) is 30.7 Å². The molecule has 0 saturated carbocycles. The molecule has 0 radical (unpaired) electrons. The Morgan fingerprint density at radius 1 is 1.03 bits per heavy atom. The topological polar surface area (TPSA) is 106 Å². The van der Waals surface area contributed by atoms with E-state index in [1.807, 2.05) is 36.4 Å². The first-order valence-electron chi connectivity index (χ1n) is 10.6. The fourth-order valence-electron chi connectivity index (χ4n) is 3.61. The number of methoxy groups -OCH3 is 1. The summed E-state index contributed by atoms with van der Waals surface area (Å²) in [5, 5.41) is 21.9. The average Bonchev–Trinajstić information content (AvgIpc) is 2.82. The molecule has 7 heteroatoms. The lowest BCUT2D eigenvalue weighted by atomic mass is 9.91. The van der Waals surface area contributed by atoms with Gasteiger partial charge in [0.2, 0.25) is 0 Å². The third-order valence-electron chi connectivity index (χ3n) is 5.56. The summed E-state index contributed by atoms with van der Waals surface area (Å²) < 4.78 is 5.70. The first-order valence-corrected chi connectivity index (χ1v) is 10.6. The van der Waals surface area contributed by atoms with Crippen LogP contribution in [0.2, 0.25) is 0 Å². The molecule has 2 unspecified atom stereocenters. The van der Waals surface area contributed by atoms with Crippen LogP contribution in [0.3, 0.4) is 0 Å². The van der Waals surface area contributed by atoms with Gasteiger partial charge in [-0.2, -0.15) is 4.73 Å². The average molecular weight is 446 g/mol. The molecule has 33 heavy (non-hydrogen) atoms. The van der Waals surface area contributed by atoms with Crippen LogP contribution < -0.4 is 10.0 Å². The summed E-state index contributed by atoms with van der Waals surface area (Å²) in [6, 6.07) is 17.5. The smallest absolute Gasteiger partial charge is 0.311 e. The van der Waals surface area contributed by atoms with Gasteiger partial charge in [-0.05, 0) is 60.7 Å². The van der Waals surface area contributed by atoms with E-state index in [1.165, 1.54) is 19.5 Å². The van der Waals surface area contributed by atoms with Crippen LogP contribution in [0.15, 0.2) is 73.1 Å². The van der Waals surface area contributed by atoms with Gasteiger partial charge in [-0.3, -0.25) is 9.59 Å². The van der Waals surface area contributed by atoms with E-state index in [0.717, 1.165) is 22.3 Å². The largest absolute Gasteiger partial charge is 0.619 e. The number of carbonyl (C=O) groups excluding carboxylic acids is 2. The monoisotopic (exact) mass is 445 g/mol. The number of nitrogens with zero attached hydrogens (tertiary/aromatic N) is 1. The van der Waals surface area contributed by atoms with Crippen molar-refractivity contribution in [1.29, 1.82) is 5.41 Å². The molecule has 170 valence electrons. The number of nitrogens with one attached hydrogen (secondary N) is 2. The molecule has 1 aromatic heterocycles. The standard InChI is InChI=1S/C26H27N3O4/c1-17(27)23-6-4-5-19(15-23)16-24(26(31)33-3)18(2)28-25(30)22-9-7-20(8-10-22)21-11-13-29(32)14-12-21/h4-15,18,24,27H,16H2,1-3H3,(H,28,30). The molecule has 0 aliphatic rings. The molecule has 1 heterocycles. The number of hydrogen-bond acceptors (Lipinski definition) is 5. The number of rotatable bonds is 8. The van der Waals surface area contributed by atoms with Gasteiger partial charge in [-0.1, -0.05) is 30.3 Å². The van der Waals surface area contributed by atoms with Gasteiger partial charge in [0.1, 0.15) is 0 Å². The van der Waals surface area contributed by atoms with Gasteiger partial charge < -0.3 is 20.7 Å². The Hall–Kier alpha value is -4.00. The predicted molar refractivity (Wildman–Crippen MR) is 126 cm³/mol. The first kappa shape index (κ1) is 23.7.